The fourth-order valence-electron chi connectivity index (χ4n) is 3.39. The molecule has 3 rings (SSSR count). The zero-order valence-electron chi connectivity index (χ0n) is 15.6. The van der Waals surface area contributed by atoms with Crippen molar-refractivity contribution in [2.45, 2.75) is 19.4 Å². The van der Waals surface area contributed by atoms with Crippen molar-refractivity contribution in [3.8, 4) is 5.75 Å². The van der Waals surface area contributed by atoms with Gasteiger partial charge in [0.15, 0.2) is 0 Å². The van der Waals surface area contributed by atoms with Crippen LogP contribution < -0.4 is 15.0 Å². The molecule has 2 saturated heterocycles. The lowest BCUT2D eigenvalue weighted by Crippen LogP contribution is -2.48. The third-order valence-corrected chi connectivity index (χ3v) is 4.97. The maximum absolute atomic E-state index is 12.6. The monoisotopic (exact) mass is 360 g/mol. The van der Waals surface area contributed by atoms with Crippen LogP contribution in [0.3, 0.4) is 0 Å². The minimum absolute atomic E-state index is 0.156. The maximum atomic E-state index is 12.6. The Morgan fingerprint density at radius 2 is 1.81 bits per heavy atom. The van der Waals surface area contributed by atoms with E-state index in [4.69, 9.17) is 4.74 Å². The molecule has 2 amide bonds. The number of carbonyl (C=O) groups excluding carboxylic acids is 2. The van der Waals surface area contributed by atoms with Crippen molar-refractivity contribution in [3.63, 3.8) is 0 Å². The molecule has 0 aromatic heterocycles. The SMILES string of the molecule is CCOc1ccc(N2C(=O)C[C@H](NCCN3CCN(C)CC3)C2=O)cc1. The lowest BCUT2D eigenvalue weighted by atomic mass is 10.2. The highest BCUT2D eigenvalue weighted by Crippen LogP contribution is 2.25. The van der Waals surface area contributed by atoms with Crippen LogP contribution in [0.1, 0.15) is 13.3 Å². The fourth-order valence-corrected chi connectivity index (χ4v) is 3.39. The van der Waals surface area contributed by atoms with E-state index in [0.717, 1.165) is 38.5 Å². The summed E-state index contributed by atoms with van der Waals surface area (Å²) in [5.41, 5.74) is 0.604. The lowest BCUT2D eigenvalue weighted by molar-refractivity contribution is -0.121. The van der Waals surface area contributed by atoms with Crippen molar-refractivity contribution >= 4 is 17.5 Å². The molecule has 0 radical (unpaired) electrons. The van der Waals surface area contributed by atoms with Crippen LogP contribution in [0, 0.1) is 0 Å². The second-order valence-electron chi connectivity index (χ2n) is 6.85. The summed E-state index contributed by atoms with van der Waals surface area (Å²) in [5, 5.41) is 3.26. The number of likely N-dealkylation sites (N-methyl/N-ethyl adjacent to an activating group) is 1. The predicted molar refractivity (Wildman–Crippen MR) is 100 cm³/mol. The molecule has 7 nitrogen and oxygen atoms in total. The van der Waals surface area contributed by atoms with Crippen molar-refractivity contribution in [1.29, 1.82) is 0 Å². The molecule has 2 aliphatic heterocycles. The van der Waals surface area contributed by atoms with Gasteiger partial charge in [0.2, 0.25) is 5.91 Å². The molecule has 26 heavy (non-hydrogen) atoms. The molecule has 1 aromatic rings. The number of carbonyl (C=O) groups is 2. The Bertz CT molecular complexity index is 626. The maximum Gasteiger partial charge on any atom is 0.251 e. The molecule has 7 heteroatoms. The van der Waals surface area contributed by atoms with Gasteiger partial charge in [0.25, 0.3) is 5.91 Å². The minimum Gasteiger partial charge on any atom is -0.494 e. The first-order valence-corrected chi connectivity index (χ1v) is 9.32. The highest BCUT2D eigenvalue weighted by molar-refractivity contribution is 6.22. The molecule has 0 saturated carbocycles. The number of amides is 2. The fraction of sp³-hybridized carbons (Fsp3) is 0.579. The van der Waals surface area contributed by atoms with Gasteiger partial charge in [0, 0.05) is 39.3 Å². The number of piperazine rings is 1. The molecular weight excluding hydrogens is 332 g/mol. The summed E-state index contributed by atoms with van der Waals surface area (Å²) < 4.78 is 5.41. The number of nitrogens with zero attached hydrogens (tertiary/aromatic N) is 3. The van der Waals surface area contributed by atoms with E-state index in [1.165, 1.54) is 4.90 Å². The number of imide groups is 1. The molecule has 1 aromatic carbocycles. The van der Waals surface area contributed by atoms with Gasteiger partial charge in [0.05, 0.1) is 24.8 Å². The van der Waals surface area contributed by atoms with E-state index in [1.807, 2.05) is 6.92 Å². The molecule has 0 spiro atoms. The number of hydrogen-bond donors (Lipinski definition) is 1. The zero-order chi connectivity index (χ0) is 18.5. The Balaban J connectivity index is 1.51. The van der Waals surface area contributed by atoms with Gasteiger partial charge in [-0.05, 0) is 38.2 Å². The van der Waals surface area contributed by atoms with Gasteiger partial charge in [-0.2, -0.15) is 0 Å². The van der Waals surface area contributed by atoms with E-state index < -0.39 is 6.04 Å². The predicted octanol–water partition coefficient (Wildman–Crippen LogP) is 0.554. The largest absolute Gasteiger partial charge is 0.494 e. The van der Waals surface area contributed by atoms with Crippen molar-refractivity contribution in [3.05, 3.63) is 24.3 Å². The summed E-state index contributed by atoms with van der Waals surface area (Å²) >= 11 is 0. The third-order valence-electron chi connectivity index (χ3n) is 4.97. The molecular formula is C19H28N4O3. The number of rotatable bonds is 7. The van der Waals surface area contributed by atoms with Crippen LogP contribution in [-0.4, -0.2) is 80.6 Å². The van der Waals surface area contributed by atoms with Crippen molar-refractivity contribution in [2.24, 2.45) is 0 Å². The molecule has 142 valence electrons. The number of nitrogens with one attached hydrogen (secondary N) is 1. The standard InChI is InChI=1S/C19H28N4O3/c1-3-26-16-6-4-15(5-7-16)23-18(24)14-17(19(23)25)20-8-9-22-12-10-21(2)11-13-22/h4-7,17,20H,3,8-14H2,1-2H3/t17-/m0/s1. The van der Waals surface area contributed by atoms with E-state index in [0.29, 0.717) is 18.8 Å². The number of benzene rings is 1. The molecule has 1 N–H and O–H groups in total. The van der Waals surface area contributed by atoms with Gasteiger partial charge in [-0.3, -0.25) is 14.5 Å². The molecule has 2 fully saturated rings. The first-order chi connectivity index (χ1) is 12.6. The van der Waals surface area contributed by atoms with Crippen LogP contribution in [0.4, 0.5) is 5.69 Å². The van der Waals surface area contributed by atoms with E-state index in [1.54, 1.807) is 24.3 Å². The van der Waals surface area contributed by atoms with Crippen molar-refractivity contribution < 1.29 is 14.3 Å². The van der Waals surface area contributed by atoms with E-state index in [-0.39, 0.29) is 18.2 Å². The van der Waals surface area contributed by atoms with Gasteiger partial charge in [0.1, 0.15) is 5.75 Å². The first kappa shape index (κ1) is 18.8. The average Bonchev–Trinajstić information content (AvgIpc) is 2.92. The van der Waals surface area contributed by atoms with E-state index in [9.17, 15) is 9.59 Å². The Labute approximate surface area is 154 Å². The van der Waals surface area contributed by atoms with Gasteiger partial charge in [-0.15, -0.1) is 0 Å². The zero-order valence-corrected chi connectivity index (χ0v) is 15.6. The Morgan fingerprint density at radius 3 is 2.46 bits per heavy atom. The quantitative estimate of drug-likeness (QED) is 0.717. The van der Waals surface area contributed by atoms with Crippen LogP contribution >= 0.6 is 0 Å². The van der Waals surface area contributed by atoms with Crippen LogP contribution in [0.15, 0.2) is 24.3 Å². The van der Waals surface area contributed by atoms with Crippen LogP contribution in [0.5, 0.6) is 5.75 Å². The van der Waals surface area contributed by atoms with E-state index >= 15 is 0 Å². The topological polar surface area (TPSA) is 65.1 Å². The molecule has 1 atom stereocenters. The summed E-state index contributed by atoms with van der Waals surface area (Å²) in [6, 6.07) is 6.66. The highest BCUT2D eigenvalue weighted by Gasteiger charge is 2.39. The lowest BCUT2D eigenvalue weighted by Gasteiger charge is -2.32. The van der Waals surface area contributed by atoms with Crippen molar-refractivity contribution in [1.82, 2.24) is 15.1 Å². The smallest absolute Gasteiger partial charge is 0.251 e. The van der Waals surface area contributed by atoms with E-state index in [2.05, 4.69) is 22.2 Å². The van der Waals surface area contributed by atoms with Gasteiger partial charge < -0.3 is 15.0 Å². The van der Waals surface area contributed by atoms with Crippen molar-refractivity contribution in [2.75, 3.05) is 57.8 Å². The number of ether oxygens (including phenoxy) is 1. The average molecular weight is 360 g/mol. The molecule has 2 aliphatic rings. The summed E-state index contributed by atoms with van der Waals surface area (Å²) in [6.07, 6.45) is 0.217. The first-order valence-electron chi connectivity index (χ1n) is 9.32. The molecule has 0 aliphatic carbocycles. The van der Waals surface area contributed by atoms with Crippen LogP contribution in [0.25, 0.3) is 0 Å². The van der Waals surface area contributed by atoms with Crippen LogP contribution in [0.2, 0.25) is 0 Å². The Morgan fingerprint density at radius 1 is 1.12 bits per heavy atom. The Hall–Kier alpha value is -1.96. The summed E-state index contributed by atoms with van der Waals surface area (Å²) in [5.74, 6) is 0.408. The van der Waals surface area contributed by atoms with Gasteiger partial charge in [-0.1, -0.05) is 0 Å². The summed E-state index contributed by atoms with van der Waals surface area (Å²) in [4.78, 5) is 31.0. The van der Waals surface area contributed by atoms with Gasteiger partial charge in [-0.25, -0.2) is 4.90 Å². The summed E-state index contributed by atoms with van der Waals surface area (Å²) in [7, 11) is 2.13. The van der Waals surface area contributed by atoms with Crippen LogP contribution in [-0.2, 0) is 9.59 Å². The summed E-state index contributed by atoms with van der Waals surface area (Å²) in [6.45, 7) is 8.36. The second kappa shape index (κ2) is 8.62. The molecule has 0 unspecified atom stereocenters. The minimum atomic E-state index is -0.429. The Kier molecular flexibility index (Phi) is 6.24. The highest BCUT2D eigenvalue weighted by atomic mass is 16.5. The third kappa shape index (κ3) is 4.41. The number of hydrogen-bond acceptors (Lipinski definition) is 6. The normalized spacial score (nSPS) is 22.2. The molecule has 0 bridgehead atoms. The number of anilines is 1. The van der Waals surface area contributed by atoms with Gasteiger partial charge >= 0.3 is 0 Å². The molecule has 2 heterocycles. The second-order valence-corrected chi connectivity index (χ2v) is 6.85.